The Balaban J connectivity index is 2.23. The Kier molecular flexibility index (Phi) is 1.93. The minimum Gasteiger partial charge on any atom is -0.221 e. The average Bonchev–Trinajstić information content (AvgIpc) is 2.73. The first-order valence-corrected chi connectivity index (χ1v) is 4.91. The van der Waals surface area contributed by atoms with Gasteiger partial charge in [0.1, 0.15) is 5.82 Å². The maximum Gasteiger partial charge on any atom is 0.185 e. The second-order valence-corrected chi connectivity index (χ2v) is 3.42. The summed E-state index contributed by atoms with van der Waals surface area (Å²) in [4.78, 5) is 4.26. The second-order valence-electron chi connectivity index (χ2n) is 3.42. The molecule has 0 radical (unpaired) electrons. The molecule has 16 heavy (non-hydrogen) atoms. The van der Waals surface area contributed by atoms with E-state index in [0.717, 1.165) is 0 Å². The van der Waals surface area contributed by atoms with E-state index < -0.39 is 0 Å². The van der Waals surface area contributed by atoms with Crippen molar-refractivity contribution in [1.29, 1.82) is 0 Å². The Morgan fingerprint density at radius 3 is 2.62 bits per heavy atom. The highest BCUT2D eigenvalue weighted by molar-refractivity contribution is 5.58. The van der Waals surface area contributed by atoms with Crippen molar-refractivity contribution in [3.8, 4) is 11.4 Å². The summed E-state index contributed by atoms with van der Waals surface area (Å²) in [7, 11) is 0. The second kappa shape index (κ2) is 3.41. The van der Waals surface area contributed by atoms with Gasteiger partial charge in [-0.15, -0.1) is 5.10 Å². The molecule has 0 aliphatic rings. The van der Waals surface area contributed by atoms with Gasteiger partial charge in [-0.3, -0.25) is 0 Å². The van der Waals surface area contributed by atoms with E-state index in [4.69, 9.17) is 0 Å². The molecule has 0 aliphatic heterocycles. The van der Waals surface area contributed by atoms with Gasteiger partial charge in [-0.25, -0.2) is 13.9 Å². The normalized spacial score (nSPS) is 10.8. The number of nitrogens with zero attached hydrogens (tertiary/aromatic N) is 3. The van der Waals surface area contributed by atoms with Crippen molar-refractivity contribution >= 4 is 5.65 Å². The van der Waals surface area contributed by atoms with Gasteiger partial charge >= 0.3 is 0 Å². The standard InChI is InChI=1S/C12H8FN3/c13-10-6-2-1-5-9(10)12-14-11-7-3-4-8-16(11)15-12/h1-8H. The van der Waals surface area contributed by atoms with Crippen LogP contribution in [0.1, 0.15) is 0 Å². The molecule has 3 nitrogen and oxygen atoms in total. The van der Waals surface area contributed by atoms with E-state index in [-0.39, 0.29) is 5.82 Å². The zero-order valence-electron chi connectivity index (χ0n) is 8.34. The molecule has 1 aromatic carbocycles. The number of pyridine rings is 1. The monoisotopic (exact) mass is 213 g/mol. The highest BCUT2D eigenvalue weighted by Crippen LogP contribution is 2.19. The molecule has 3 aromatic rings. The summed E-state index contributed by atoms with van der Waals surface area (Å²) in [5.41, 5.74) is 1.13. The van der Waals surface area contributed by atoms with E-state index in [1.54, 1.807) is 28.9 Å². The molecule has 0 bridgehead atoms. The number of fused-ring (bicyclic) bond motifs is 1. The Morgan fingerprint density at radius 1 is 1.00 bits per heavy atom. The summed E-state index contributed by atoms with van der Waals surface area (Å²) < 4.78 is 15.1. The molecule has 0 atom stereocenters. The fourth-order valence-corrected chi connectivity index (χ4v) is 1.59. The summed E-state index contributed by atoms with van der Waals surface area (Å²) in [5.74, 6) is 0.0997. The molecule has 3 rings (SSSR count). The molecule has 2 aromatic heterocycles. The molecule has 0 aliphatic carbocycles. The van der Waals surface area contributed by atoms with Gasteiger partial charge in [0.15, 0.2) is 11.5 Å². The molecule has 0 saturated heterocycles. The number of aromatic nitrogens is 3. The van der Waals surface area contributed by atoms with Crippen LogP contribution in [0.15, 0.2) is 48.7 Å². The summed E-state index contributed by atoms with van der Waals surface area (Å²) in [6, 6.07) is 12.0. The maximum atomic E-state index is 13.5. The Labute approximate surface area is 91.2 Å². The molecule has 0 spiro atoms. The van der Waals surface area contributed by atoms with E-state index in [0.29, 0.717) is 17.0 Å². The lowest BCUT2D eigenvalue weighted by molar-refractivity contribution is 0.630. The first-order valence-electron chi connectivity index (χ1n) is 4.91. The van der Waals surface area contributed by atoms with Gasteiger partial charge in [-0.05, 0) is 24.3 Å². The minimum atomic E-state index is -0.307. The average molecular weight is 213 g/mol. The van der Waals surface area contributed by atoms with Crippen LogP contribution in [0.5, 0.6) is 0 Å². The number of rotatable bonds is 1. The third-order valence-electron chi connectivity index (χ3n) is 2.36. The van der Waals surface area contributed by atoms with Crippen molar-refractivity contribution in [2.75, 3.05) is 0 Å². The molecule has 4 heteroatoms. The third-order valence-corrected chi connectivity index (χ3v) is 2.36. The highest BCUT2D eigenvalue weighted by atomic mass is 19.1. The maximum absolute atomic E-state index is 13.5. The number of hydrogen-bond donors (Lipinski definition) is 0. The smallest absolute Gasteiger partial charge is 0.185 e. The minimum absolute atomic E-state index is 0.307. The lowest BCUT2D eigenvalue weighted by Crippen LogP contribution is -1.87. The van der Waals surface area contributed by atoms with Gasteiger partial charge in [0, 0.05) is 6.20 Å². The van der Waals surface area contributed by atoms with Crippen LogP contribution in [0.2, 0.25) is 0 Å². The van der Waals surface area contributed by atoms with Crippen LogP contribution in [0.25, 0.3) is 17.0 Å². The molecule has 0 N–H and O–H groups in total. The van der Waals surface area contributed by atoms with Crippen LogP contribution in [-0.4, -0.2) is 14.6 Å². The Morgan fingerprint density at radius 2 is 1.81 bits per heavy atom. The van der Waals surface area contributed by atoms with Gasteiger partial charge in [0.25, 0.3) is 0 Å². The molecule has 78 valence electrons. The Hall–Kier alpha value is -2.23. The van der Waals surface area contributed by atoms with Crippen molar-refractivity contribution in [3.63, 3.8) is 0 Å². The fraction of sp³-hybridized carbons (Fsp3) is 0. The van der Waals surface area contributed by atoms with Crippen LogP contribution in [0.3, 0.4) is 0 Å². The van der Waals surface area contributed by atoms with E-state index in [1.165, 1.54) is 6.07 Å². The summed E-state index contributed by atoms with van der Waals surface area (Å²) in [6.07, 6.45) is 1.78. The fourth-order valence-electron chi connectivity index (χ4n) is 1.59. The van der Waals surface area contributed by atoms with Gasteiger partial charge in [0.2, 0.25) is 0 Å². The molecule has 2 heterocycles. The van der Waals surface area contributed by atoms with E-state index >= 15 is 0 Å². The van der Waals surface area contributed by atoms with Crippen molar-refractivity contribution < 1.29 is 4.39 Å². The molecular weight excluding hydrogens is 205 g/mol. The SMILES string of the molecule is Fc1ccccc1-c1nc2ccccn2n1. The summed E-state index contributed by atoms with van der Waals surface area (Å²) >= 11 is 0. The molecule has 0 unspecified atom stereocenters. The van der Waals surface area contributed by atoms with Gasteiger partial charge in [-0.2, -0.15) is 0 Å². The molecule has 0 saturated carbocycles. The lowest BCUT2D eigenvalue weighted by Gasteiger charge is -1.95. The first-order chi connectivity index (χ1) is 7.84. The van der Waals surface area contributed by atoms with Crippen molar-refractivity contribution in [1.82, 2.24) is 14.6 Å². The van der Waals surface area contributed by atoms with Gasteiger partial charge in [0.05, 0.1) is 5.56 Å². The highest BCUT2D eigenvalue weighted by Gasteiger charge is 2.09. The van der Waals surface area contributed by atoms with Crippen LogP contribution in [0, 0.1) is 5.82 Å². The third kappa shape index (κ3) is 1.35. The van der Waals surface area contributed by atoms with E-state index in [1.807, 2.05) is 18.2 Å². The molecule has 0 fully saturated rings. The Bertz CT molecular complexity index is 612. The van der Waals surface area contributed by atoms with Gasteiger partial charge in [-0.1, -0.05) is 18.2 Å². The van der Waals surface area contributed by atoms with Crippen molar-refractivity contribution in [2.45, 2.75) is 0 Å². The predicted octanol–water partition coefficient (Wildman–Crippen LogP) is 2.54. The van der Waals surface area contributed by atoms with Crippen molar-refractivity contribution in [3.05, 3.63) is 54.5 Å². The van der Waals surface area contributed by atoms with Crippen LogP contribution < -0.4 is 0 Å². The van der Waals surface area contributed by atoms with Crippen molar-refractivity contribution in [2.24, 2.45) is 0 Å². The van der Waals surface area contributed by atoms with E-state index in [9.17, 15) is 4.39 Å². The van der Waals surface area contributed by atoms with Gasteiger partial charge < -0.3 is 0 Å². The lowest BCUT2D eigenvalue weighted by atomic mass is 10.2. The summed E-state index contributed by atoms with van der Waals surface area (Å²) in [6.45, 7) is 0. The topological polar surface area (TPSA) is 30.2 Å². The predicted molar refractivity (Wildman–Crippen MR) is 58.4 cm³/mol. The first kappa shape index (κ1) is 9.03. The zero-order chi connectivity index (χ0) is 11.0. The quantitative estimate of drug-likeness (QED) is 0.621. The van der Waals surface area contributed by atoms with Crippen LogP contribution in [0.4, 0.5) is 4.39 Å². The largest absolute Gasteiger partial charge is 0.221 e. The van der Waals surface area contributed by atoms with Crippen LogP contribution >= 0.6 is 0 Å². The summed E-state index contributed by atoms with van der Waals surface area (Å²) in [5, 5.41) is 4.21. The number of hydrogen-bond acceptors (Lipinski definition) is 2. The number of halogens is 1. The molecular formula is C12H8FN3. The van der Waals surface area contributed by atoms with E-state index in [2.05, 4.69) is 10.1 Å². The van der Waals surface area contributed by atoms with Crippen LogP contribution in [-0.2, 0) is 0 Å². The molecule has 0 amide bonds. The zero-order valence-corrected chi connectivity index (χ0v) is 8.34. The number of benzene rings is 1.